The lowest BCUT2D eigenvalue weighted by molar-refractivity contribution is -0.138. The van der Waals surface area contributed by atoms with Gasteiger partial charge >= 0.3 is 30.3 Å². The summed E-state index contributed by atoms with van der Waals surface area (Å²) in [6.07, 6.45) is -5.55. The first kappa shape index (κ1) is 76.2. The minimum Gasteiger partial charge on any atom is -0.487 e. The number of aliphatic carboxylic acids is 3. The predicted octanol–water partition coefficient (Wildman–Crippen LogP) is 19.5. The van der Waals surface area contributed by atoms with Gasteiger partial charge in [0.1, 0.15) is 43.6 Å². The van der Waals surface area contributed by atoms with Crippen molar-refractivity contribution in [3.63, 3.8) is 0 Å². The van der Waals surface area contributed by atoms with Crippen LogP contribution in [-0.4, -0.2) is 63.8 Å². The van der Waals surface area contributed by atoms with Gasteiger partial charge in [-0.3, -0.25) is 19.2 Å². The fourth-order valence-corrected chi connectivity index (χ4v) is 12.5. The predicted molar refractivity (Wildman–Crippen MR) is 355 cm³/mol. The third-order valence-electron chi connectivity index (χ3n) is 13.0. The molecule has 27 heteroatoms. The Bertz CT molecular complexity index is 3350. The third-order valence-corrected chi connectivity index (χ3v) is 16.9. The number of halogens is 13. The first-order chi connectivity index (χ1) is 41.7. The van der Waals surface area contributed by atoms with E-state index in [9.17, 15) is 45.5 Å². The third kappa shape index (κ3) is 25.8. The zero-order valence-corrected chi connectivity index (χ0v) is 59.1. The summed E-state index contributed by atoms with van der Waals surface area (Å²) in [4.78, 5) is 44.2. The minimum absolute atomic E-state index is 0.00430. The van der Waals surface area contributed by atoms with Crippen molar-refractivity contribution in [3.05, 3.63) is 167 Å². The lowest BCUT2D eigenvalue weighted by Crippen LogP contribution is -2.29. The quantitative estimate of drug-likeness (QED) is 0.0240. The van der Waals surface area contributed by atoms with Gasteiger partial charge in [0.15, 0.2) is 0 Å². The Hall–Kier alpha value is -5.25. The van der Waals surface area contributed by atoms with Crippen molar-refractivity contribution in [2.75, 3.05) is 22.5 Å². The van der Waals surface area contributed by atoms with Crippen molar-refractivity contribution in [2.45, 2.75) is 137 Å². The van der Waals surface area contributed by atoms with Crippen LogP contribution >= 0.6 is 107 Å². The van der Waals surface area contributed by atoms with Gasteiger partial charge in [0.2, 0.25) is 0 Å². The first-order valence-electron chi connectivity index (χ1n) is 27.5. The average Bonchev–Trinajstić information content (AvgIpc) is 3.56. The summed E-state index contributed by atoms with van der Waals surface area (Å²) in [6, 6.07) is 23.8. The summed E-state index contributed by atoms with van der Waals surface area (Å²) >= 11 is 26.9. The van der Waals surface area contributed by atoms with Gasteiger partial charge in [-0.2, -0.15) is 26.3 Å². The highest BCUT2D eigenvalue weighted by atomic mass is 79.9. The molecule has 6 aromatic rings. The SMILES string of the molecule is CCC(C)Nc1cc(COc2c(Br)cc(C(=O)NCC(=O)O)cc2Br)cc(C(F)(F)F)c1.CCC(C)Nc1cc(COc2c(Br)cc(CCC(=O)O)cc2Br)cc(C(F)(F)F)c1.CCC(C)Nc1cccc(COc2c(Br)cc(CCC(=O)O)cc2Br)c1Cl. The second kappa shape index (κ2) is 36.1. The van der Waals surface area contributed by atoms with E-state index in [0.29, 0.717) is 82.4 Å². The zero-order chi connectivity index (χ0) is 66.5. The van der Waals surface area contributed by atoms with Gasteiger partial charge in [-0.25, -0.2) is 0 Å². The van der Waals surface area contributed by atoms with Crippen LogP contribution in [0.5, 0.6) is 17.2 Å². The molecule has 0 fully saturated rings. The molecule has 14 nitrogen and oxygen atoms in total. The molecule has 6 rings (SSSR count). The number of alkyl halides is 6. The van der Waals surface area contributed by atoms with E-state index in [1.165, 1.54) is 12.1 Å². The number of benzene rings is 6. The maximum Gasteiger partial charge on any atom is 0.416 e. The van der Waals surface area contributed by atoms with Crippen molar-refractivity contribution in [1.29, 1.82) is 0 Å². The number of carbonyl (C=O) groups is 4. The molecule has 6 aromatic carbocycles. The number of aryl methyl sites for hydroxylation is 2. The van der Waals surface area contributed by atoms with E-state index >= 15 is 0 Å². The van der Waals surface area contributed by atoms with Crippen molar-refractivity contribution >= 4 is 148 Å². The number of anilines is 3. The van der Waals surface area contributed by atoms with Crippen molar-refractivity contribution in [1.82, 2.24) is 5.32 Å². The molecule has 3 unspecified atom stereocenters. The van der Waals surface area contributed by atoms with Crippen LogP contribution in [0.2, 0.25) is 5.02 Å². The van der Waals surface area contributed by atoms with Crippen LogP contribution in [0.4, 0.5) is 43.4 Å². The Balaban J connectivity index is 0.000000286. The maximum absolute atomic E-state index is 13.3. The number of amides is 1. The molecule has 0 bridgehead atoms. The number of hydrogen-bond acceptors (Lipinski definition) is 10. The maximum atomic E-state index is 13.3. The molecule has 1 amide bonds. The molecule has 89 heavy (non-hydrogen) atoms. The van der Waals surface area contributed by atoms with Crippen molar-refractivity contribution < 1.29 is 75.1 Å². The summed E-state index contributed by atoms with van der Waals surface area (Å²) < 4.78 is 101. The van der Waals surface area contributed by atoms with Gasteiger partial charge in [0.05, 0.1) is 48.7 Å². The molecule has 0 heterocycles. The molecule has 7 N–H and O–H groups in total. The fraction of sp³-hybridized carbons (Fsp3) is 0.355. The molecule has 0 spiro atoms. The van der Waals surface area contributed by atoms with Crippen LogP contribution in [0.15, 0.2) is 118 Å². The van der Waals surface area contributed by atoms with E-state index in [-0.39, 0.29) is 49.5 Å². The topological polar surface area (TPSA) is 205 Å². The molecule has 0 aliphatic carbocycles. The number of ether oxygens (including phenoxy) is 3. The van der Waals surface area contributed by atoms with Crippen molar-refractivity contribution in [3.8, 4) is 17.2 Å². The smallest absolute Gasteiger partial charge is 0.416 e. The molecular formula is C62H65Br6ClF6N4O10. The summed E-state index contributed by atoms with van der Waals surface area (Å²) in [5, 5.41) is 38.7. The van der Waals surface area contributed by atoms with E-state index in [1.807, 2.05) is 58.0 Å². The highest BCUT2D eigenvalue weighted by molar-refractivity contribution is 9.12. The lowest BCUT2D eigenvalue weighted by Gasteiger charge is -2.18. The Labute approximate surface area is 567 Å². The molecule has 484 valence electrons. The molecule has 3 atom stereocenters. The summed E-state index contributed by atoms with van der Waals surface area (Å²) in [7, 11) is 0. The van der Waals surface area contributed by atoms with Gasteiger partial charge in [-0.05, 0) is 250 Å². The number of nitrogens with one attached hydrogen (secondary N) is 4. The summed E-state index contributed by atoms with van der Waals surface area (Å²) in [6.45, 7) is 11.4. The average molecular weight is 1660 g/mol. The summed E-state index contributed by atoms with van der Waals surface area (Å²) in [5.41, 5.74) is 3.58. The molecule has 0 radical (unpaired) electrons. The second-order valence-corrected chi connectivity index (χ2v) is 25.8. The number of rotatable bonds is 27. The molecular weight excluding hydrogens is 1590 g/mol. The summed E-state index contributed by atoms with van der Waals surface area (Å²) in [5.74, 6) is -2.11. The second-order valence-electron chi connectivity index (χ2n) is 20.2. The molecule has 0 aliphatic rings. The molecule has 0 aromatic heterocycles. The van der Waals surface area contributed by atoms with E-state index in [0.717, 1.165) is 74.9 Å². The molecule has 0 saturated carbocycles. The van der Waals surface area contributed by atoms with Gasteiger partial charge in [0, 0.05) is 53.5 Å². The highest BCUT2D eigenvalue weighted by Crippen LogP contribution is 2.41. The van der Waals surface area contributed by atoms with Crippen LogP contribution in [0.1, 0.15) is 123 Å². The Morgan fingerprint density at radius 2 is 0.876 bits per heavy atom. The largest absolute Gasteiger partial charge is 0.487 e. The van der Waals surface area contributed by atoms with Gasteiger partial charge in [0.25, 0.3) is 5.91 Å². The van der Waals surface area contributed by atoms with Gasteiger partial charge in [-0.1, -0.05) is 44.5 Å². The molecule has 0 aliphatic heterocycles. The van der Waals surface area contributed by atoms with E-state index in [2.05, 4.69) is 131 Å². The van der Waals surface area contributed by atoms with E-state index in [1.54, 1.807) is 24.3 Å². The number of carbonyl (C=O) groups excluding carboxylic acids is 1. The van der Waals surface area contributed by atoms with Crippen molar-refractivity contribution in [2.24, 2.45) is 0 Å². The lowest BCUT2D eigenvalue weighted by atomic mass is 10.1. The minimum atomic E-state index is -4.51. The monoisotopic (exact) mass is 1650 g/mol. The molecule has 0 saturated heterocycles. The number of carboxylic acid groups (broad SMARTS) is 3. The van der Waals surface area contributed by atoms with Crippen LogP contribution in [0, 0.1) is 0 Å². The zero-order valence-electron chi connectivity index (χ0n) is 48.8. The highest BCUT2D eigenvalue weighted by Gasteiger charge is 2.33. The van der Waals surface area contributed by atoms with Crippen LogP contribution in [0.3, 0.4) is 0 Å². The standard InChI is InChI=1S/C21H21Br2F3N2O4.C21H22Br2F3NO3.C20H22Br2ClNO3/c1-3-11(2)28-15-5-12(4-14(8-15)21(24,25)26)10-32-19-16(22)6-13(7-17(19)23)20(31)27-9-18(29)30;1-3-12(2)27-16-7-14(6-15(10-16)21(24,25)26)11-30-20-17(22)8-13(9-18(20)23)4-5-19(28)29;1-3-12(2)24-17-6-4-5-14(19(17)23)11-27-20-15(21)9-13(10-16(20)22)7-8-18(25)26/h4-8,11,28H,3,9-10H2,1-2H3,(H,27,31)(H,29,30);6-10,12,27H,3-5,11H2,1-2H3,(H,28,29);4-6,9-10,12,24H,3,7-8,11H2,1-2H3,(H,25,26). The Morgan fingerprint density at radius 3 is 1.24 bits per heavy atom. The van der Waals surface area contributed by atoms with E-state index < -0.39 is 53.8 Å². The Morgan fingerprint density at radius 1 is 0.506 bits per heavy atom. The van der Waals surface area contributed by atoms with Crippen LogP contribution < -0.4 is 35.5 Å². The van der Waals surface area contributed by atoms with Gasteiger partial charge < -0.3 is 50.8 Å². The number of carboxylic acids is 3. The van der Waals surface area contributed by atoms with Gasteiger partial charge in [-0.15, -0.1) is 0 Å². The fourth-order valence-electron chi connectivity index (χ4n) is 7.83. The Kier molecular flexibility index (Phi) is 30.9. The van der Waals surface area contributed by atoms with E-state index in [4.69, 9.17) is 41.1 Å². The van der Waals surface area contributed by atoms with Crippen LogP contribution in [0.25, 0.3) is 0 Å². The number of hydrogen-bond donors (Lipinski definition) is 7. The normalized spacial score (nSPS) is 12.2. The van der Waals surface area contributed by atoms with Crippen LogP contribution in [-0.2, 0) is 59.4 Å². The first-order valence-corrected chi connectivity index (χ1v) is 32.6.